The summed E-state index contributed by atoms with van der Waals surface area (Å²) >= 11 is 0. The molecular weight excluding hydrogens is 180 g/mol. The van der Waals surface area contributed by atoms with Gasteiger partial charge in [0.15, 0.2) is 6.10 Å². The first-order chi connectivity index (χ1) is 6.71. The van der Waals surface area contributed by atoms with Crippen molar-refractivity contribution in [3.05, 3.63) is 0 Å². The topological polar surface area (TPSA) is 46.5 Å². The van der Waals surface area contributed by atoms with E-state index < -0.39 is 12.1 Å². The molecule has 0 radical (unpaired) electrons. The molecule has 1 spiro atoms. The Balaban J connectivity index is 1.76. The summed E-state index contributed by atoms with van der Waals surface area (Å²) in [6.45, 7) is 0. The van der Waals surface area contributed by atoms with Gasteiger partial charge in [-0.1, -0.05) is 6.42 Å². The third-order valence-electron chi connectivity index (χ3n) is 4.26. The second-order valence-corrected chi connectivity index (χ2v) is 5.04. The quantitative estimate of drug-likeness (QED) is 0.695. The van der Waals surface area contributed by atoms with Crippen molar-refractivity contribution >= 4 is 5.97 Å². The van der Waals surface area contributed by atoms with Crippen LogP contribution in [0.2, 0.25) is 0 Å². The van der Waals surface area contributed by atoms with Gasteiger partial charge in [0, 0.05) is 0 Å². The van der Waals surface area contributed by atoms with Gasteiger partial charge in [-0.05, 0) is 43.9 Å². The van der Waals surface area contributed by atoms with Crippen LogP contribution in [-0.2, 0) is 9.53 Å². The smallest absolute Gasteiger partial charge is 0.332 e. The van der Waals surface area contributed by atoms with Gasteiger partial charge >= 0.3 is 5.97 Å². The summed E-state index contributed by atoms with van der Waals surface area (Å²) in [7, 11) is 0. The van der Waals surface area contributed by atoms with Crippen LogP contribution in [-0.4, -0.2) is 22.8 Å². The molecule has 1 aliphatic heterocycles. The average Bonchev–Trinajstić information content (AvgIpc) is 2.82. The number of ether oxygens (including phenoxy) is 1. The monoisotopic (exact) mass is 196 g/mol. The molecule has 3 aliphatic rings. The third-order valence-corrected chi connectivity index (χ3v) is 4.26. The molecule has 3 heteroatoms. The van der Waals surface area contributed by atoms with Crippen LogP contribution >= 0.6 is 0 Å². The molecule has 0 aromatic heterocycles. The fourth-order valence-corrected chi connectivity index (χ4v) is 3.47. The van der Waals surface area contributed by atoms with E-state index in [-0.39, 0.29) is 5.60 Å². The Hall–Kier alpha value is -0.570. The number of carbonyl (C=O) groups is 1. The fraction of sp³-hybridized carbons (Fsp3) is 0.909. The van der Waals surface area contributed by atoms with Gasteiger partial charge in [0.05, 0.1) is 5.60 Å². The maximum absolute atomic E-state index is 10.8. The number of carboxylic acid groups (broad SMARTS) is 1. The number of aliphatic carboxylic acids is 1. The normalized spacial score (nSPS) is 50.4. The highest BCUT2D eigenvalue weighted by atomic mass is 16.5. The lowest BCUT2D eigenvalue weighted by atomic mass is 9.82. The van der Waals surface area contributed by atoms with Gasteiger partial charge in [-0.15, -0.1) is 0 Å². The van der Waals surface area contributed by atoms with Gasteiger partial charge in [0.1, 0.15) is 0 Å². The summed E-state index contributed by atoms with van der Waals surface area (Å²) in [4.78, 5) is 10.8. The molecule has 1 saturated heterocycles. The van der Waals surface area contributed by atoms with Gasteiger partial charge in [-0.2, -0.15) is 0 Å². The molecule has 0 bridgehead atoms. The highest BCUT2D eigenvalue weighted by molar-refractivity contribution is 5.72. The summed E-state index contributed by atoms with van der Waals surface area (Å²) in [6.07, 6.45) is 6.13. The summed E-state index contributed by atoms with van der Waals surface area (Å²) in [5.41, 5.74) is -0.0219. The van der Waals surface area contributed by atoms with Crippen LogP contribution in [0.25, 0.3) is 0 Å². The second-order valence-electron chi connectivity index (χ2n) is 5.04. The Morgan fingerprint density at radius 1 is 1.36 bits per heavy atom. The largest absolute Gasteiger partial charge is 0.479 e. The van der Waals surface area contributed by atoms with Gasteiger partial charge in [-0.25, -0.2) is 4.79 Å². The van der Waals surface area contributed by atoms with Crippen LogP contribution in [0.1, 0.15) is 38.5 Å². The molecule has 0 aromatic rings. The van der Waals surface area contributed by atoms with Crippen molar-refractivity contribution in [2.75, 3.05) is 0 Å². The van der Waals surface area contributed by atoms with Crippen molar-refractivity contribution in [3.8, 4) is 0 Å². The van der Waals surface area contributed by atoms with Crippen molar-refractivity contribution in [2.45, 2.75) is 50.2 Å². The van der Waals surface area contributed by atoms with E-state index >= 15 is 0 Å². The lowest BCUT2D eigenvalue weighted by Crippen LogP contribution is -2.36. The molecule has 3 nitrogen and oxygen atoms in total. The van der Waals surface area contributed by atoms with Crippen LogP contribution in [0.5, 0.6) is 0 Å². The number of carboxylic acids is 1. The second kappa shape index (κ2) is 2.72. The zero-order chi connectivity index (χ0) is 9.76. The van der Waals surface area contributed by atoms with Crippen LogP contribution < -0.4 is 0 Å². The van der Waals surface area contributed by atoms with E-state index in [2.05, 4.69) is 0 Å². The summed E-state index contributed by atoms with van der Waals surface area (Å²) in [5.74, 6) is 0.779. The summed E-state index contributed by atoms with van der Waals surface area (Å²) in [6, 6.07) is 0. The van der Waals surface area contributed by atoms with E-state index in [4.69, 9.17) is 9.84 Å². The lowest BCUT2D eigenvalue weighted by Gasteiger charge is -2.32. The van der Waals surface area contributed by atoms with Gasteiger partial charge in [0.2, 0.25) is 0 Å². The molecule has 0 aromatic carbocycles. The number of hydrogen-bond acceptors (Lipinski definition) is 2. The van der Waals surface area contributed by atoms with Crippen molar-refractivity contribution in [3.63, 3.8) is 0 Å². The van der Waals surface area contributed by atoms with Gasteiger partial charge in [0.25, 0.3) is 0 Å². The van der Waals surface area contributed by atoms with Gasteiger partial charge < -0.3 is 9.84 Å². The molecule has 78 valence electrons. The first kappa shape index (κ1) is 8.72. The number of hydrogen-bond donors (Lipinski definition) is 1. The van der Waals surface area contributed by atoms with E-state index in [1.165, 1.54) is 19.3 Å². The molecule has 3 rings (SSSR count). The van der Waals surface area contributed by atoms with E-state index in [9.17, 15) is 4.79 Å². The molecule has 1 N–H and O–H groups in total. The molecule has 3 fully saturated rings. The van der Waals surface area contributed by atoms with E-state index in [1.807, 2.05) is 0 Å². The summed E-state index contributed by atoms with van der Waals surface area (Å²) in [5, 5.41) is 8.90. The Morgan fingerprint density at radius 3 is 2.93 bits per heavy atom. The molecule has 4 unspecified atom stereocenters. The Bertz CT molecular complexity index is 276. The minimum Gasteiger partial charge on any atom is -0.479 e. The molecule has 0 amide bonds. The van der Waals surface area contributed by atoms with Crippen LogP contribution in [0.15, 0.2) is 0 Å². The van der Waals surface area contributed by atoms with Crippen molar-refractivity contribution in [1.82, 2.24) is 0 Å². The Morgan fingerprint density at radius 2 is 2.21 bits per heavy atom. The minimum absolute atomic E-state index is 0.0219. The maximum atomic E-state index is 10.8. The van der Waals surface area contributed by atoms with Crippen LogP contribution in [0, 0.1) is 11.8 Å². The van der Waals surface area contributed by atoms with E-state index in [0.717, 1.165) is 25.2 Å². The first-order valence-electron chi connectivity index (χ1n) is 5.62. The van der Waals surface area contributed by atoms with E-state index in [1.54, 1.807) is 0 Å². The average molecular weight is 196 g/mol. The standard InChI is InChI=1S/C11H16O3/c12-10(13)9-3-5-11(14-9)4-1-2-7-6-8(7)11/h7-9H,1-6H2,(H,12,13). The number of rotatable bonds is 1. The third kappa shape index (κ3) is 1.11. The molecule has 14 heavy (non-hydrogen) atoms. The predicted octanol–water partition coefficient (Wildman–Crippen LogP) is 1.81. The predicted molar refractivity (Wildman–Crippen MR) is 49.9 cm³/mol. The van der Waals surface area contributed by atoms with Gasteiger partial charge in [-0.3, -0.25) is 0 Å². The number of fused-ring (bicyclic) bond motifs is 2. The highest BCUT2D eigenvalue weighted by Crippen LogP contribution is 2.60. The van der Waals surface area contributed by atoms with Crippen LogP contribution in [0.4, 0.5) is 0 Å². The SMILES string of the molecule is O=C(O)C1CCC2(CCCC3CC32)O1. The molecule has 1 heterocycles. The molecular formula is C11H16O3. The fourth-order valence-electron chi connectivity index (χ4n) is 3.47. The zero-order valence-corrected chi connectivity index (χ0v) is 8.24. The van der Waals surface area contributed by atoms with Crippen molar-refractivity contribution in [1.29, 1.82) is 0 Å². The minimum atomic E-state index is -0.773. The van der Waals surface area contributed by atoms with Crippen molar-refractivity contribution < 1.29 is 14.6 Å². The van der Waals surface area contributed by atoms with E-state index in [0.29, 0.717) is 5.92 Å². The zero-order valence-electron chi connectivity index (χ0n) is 8.24. The summed E-state index contributed by atoms with van der Waals surface area (Å²) < 4.78 is 5.81. The van der Waals surface area contributed by atoms with Crippen molar-refractivity contribution in [2.24, 2.45) is 11.8 Å². The van der Waals surface area contributed by atoms with Crippen LogP contribution in [0.3, 0.4) is 0 Å². The molecule has 2 saturated carbocycles. The highest BCUT2D eigenvalue weighted by Gasteiger charge is 2.59. The maximum Gasteiger partial charge on any atom is 0.332 e. The molecule has 4 atom stereocenters. The lowest BCUT2D eigenvalue weighted by molar-refractivity contribution is -0.157. The first-order valence-corrected chi connectivity index (χ1v) is 5.62. The Kier molecular flexibility index (Phi) is 1.69. The Labute approximate surface area is 83.4 Å². The molecule has 2 aliphatic carbocycles.